The van der Waals surface area contributed by atoms with Crippen LogP contribution in [0.15, 0.2) is 6.20 Å². The molecule has 7 heteroatoms. The number of carbonyl (C=O) groups excluding carboxylic acids is 1. The van der Waals surface area contributed by atoms with Crippen LogP contribution in [-0.4, -0.2) is 70.2 Å². The fraction of sp³-hybridized carbons (Fsp3) is 0.810. The summed E-state index contributed by atoms with van der Waals surface area (Å²) in [4.78, 5) is 15.4. The van der Waals surface area contributed by atoms with Crippen LogP contribution in [0.4, 0.5) is 0 Å². The lowest BCUT2D eigenvalue weighted by molar-refractivity contribution is 0.0397. The molecule has 2 N–H and O–H groups in total. The van der Waals surface area contributed by atoms with Crippen LogP contribution in [0, 0.1) is 18.8 Å². The Morgan fingerprint density at radius 1 is 1.29 bits per heavy atom. The Balaban J connectivity index is 1.37. The fourth-order valence-corrected chi connectivity index (χ4v) is 5.32. The predicted octanol–water partition coefficient (Wildman–Crippen LogP) is 1.58. The van der Waals surface area contributed by atoms with Gasteiger partial charge in [0.2, 0.25) is 0 Å². The number of fused-ring (bicyclic) bond motifs is 1. The zero-order chi connectivity index (χ0) is 19.7. The number of hydrogen-bond donors (Lipinski definition) is 2. The Morgan fingerprint density at radius 3 is 2.71 bits per heavy atom. The zero-order valence-corrected chi connectivity index (χ0v) is 17.1. The van der Waals surface area contributed by atoms with Crippen molar-refractivity contribution in [3.8, 4) is 0 Å². The number of nitrogens with zero attached hydrogens (tertiary/aromatic N) is 3. The highest BCUT2D eigenvalue weighted by Gasteiger charge is 2.43. The summed E-state index contributed by atoms with van der Waals surface area (Å²) in [6.07, 6.45) is 6.04. The van der Waals surface area contributed by atoms with Crippen LogP contribution >= 0.6 is 0 Å². The highest BCUT2D eigenvalue weighted by molar-refractivity contribution is 5.95. The molecular weight excluding hydrogens is 356 g/mol. The van der Waals surface area contributed by atoms with Gasteiger partial charge in [-0.2, -0.15) is 5.10 Å². The number of aliphatic hydroxyl groups excluding tert-OH is 1. The SMILES string of the molecule is CCCn1ncc(C(=O)N[C@H]2C[C@H]3CN(C4CCOCC4)C[C@H]3C[C@@H]2O)c1C. The molecule has 0 aromatic carbocycles. The number of aryl methyl sites for hydroxylation is 1. The Kier molecular flexibility index (Phi) is 6.04. The molecule has 156 valence electrons. The van der Waals surface area contributed by atoms with Crippen LogP contribution in [-0.2, 0) is 11.3 Å². The highest BCUT2D eigenvalue weighted by atomic mass is 16.5. The first kappa shape index (κ1) is 19.9. The normalized spacial score (nSPS) is 31.7. The Hall–Kier alpha value is -1.44. The Labute approximate surface area is 167 Å². The van der Waals surface area contributed by atoms with Gasteiger partial charge in [0.15, 0.2) is 0 Å². The molecular formula is C21H34N4O3. The van der Waals surface area contributed by atoms with E-state index >= 15 is 0 Å². The molecule has 1 amide bonds. The smallest absolute Gasteiger partial charge is 0.255 e. The van der Waals surface area contributed by atoms with Gasteiger partial charge < -0.3 is 15.2 Å². The monoisotopic (exact) mass is 390 g/mol. The summed E-state index contributed by atoms with van der Waals surface area (Å²) in [5.41, 5.74) is 1.52. The zero-order valence-electron chi connectivity index (χ0n) is 17.1. The fourth-order valence-electron chi connectivity index (χ4n) is 5.32. The first-order valence-electron chi connectivity index (χ1n) is 10.9. The number of carbonyl (C=O) groups is 1. The molecule has 3 heterocycles. The summed E-state index contributed by atoms with van der Waals surface area (Å²) in [6.45, 7) is 8.75. The van der Waals surface area contributed by atoms with Crippen LogP contribution in [0.2, 0.25) is 0 Å². The second-order valence-electron chi connectivity index (χ2n) is 8.80. The van der Waals surface area contributed by atoms with Gasteiger partial charge in [-0.3, -0.25) is 14.4 Å². The Bertz CT molecular complexity index is 685. The van der Waals surface area contributed by atoms with Crippen molar-refractivity contribution in [2.45, 2.75) is 70.7 Å². The van der Waals surface area contributed by atoms with Crippen molar-refractivity contribution in [1.29, 1.82) is 0 Å². The third kappa shape index (κ3) is 3.98. The van der Waals surface area contributed by atoms with Crippen molar-refractivity contribution in [3.63, 3.8) is 0 Å². The maximum absolute atomic E-state index is 12.8. The van der Waals surface area contributed by atoms with E-state index in [2.05, 4.69) is 22.2 Å². The molecule has 0 bridgehead atoms. The number of nitrogens with one attached hydrogen (secondary N) is 1. The van der Waals surface area contributed by atoms with E-state index in [1.165, 1.54) is 0 Å². The van der Waals surface area contributed by atoms with E-state index in [0.717, 1.165) is 70.6 Å². The standard InChI is InChI=1S/C21H34N4O3/c1-3-6-25-14(2)18(11-22-25)21(27)23-19-9-15-12-24(13-16(15)10-20(19)26)17-4-7-28-8-5-17/h11,15-17,19-20,26H,3-10,12-13H2,1-2H3,(H,23,27)/t15-,16+,19-,20-/m0/s1. The number of ether oxygens (including phenoxy) is 1. The van der Waals surface area contributed by atoms with Crippen molar-refractivity contribution < 1.29 is 14.6 Å². The summed E-state index contributed by atoms with van der Waals surface area (Å²) in [5.74, 6) is 0.988. The first-order chi connectivity index (χ1) is 13.6. The molecule has 1 aliphatic carbocycles. The van der Waals surface area contributed by atoms with Gasteiger partial charge in [0.05, 0.1) is 23.9 Å². The summed E-state index contributed by atoms with van der Waals surface area (Å²) in [6, 6.07) is 0.453. The van der Waals surface area contributed by atoms with Crippen LogP contribution in [0.5, 0.6) is 0 Å². The van der Waals surface area contributed by atoms with E-state index in [1.807, 2.05) is 11.6 Å². The second kappa shape index (κ2) is 8.51. The van der Waals surface area contributed by atoms with Crippen molar-refractivity contribution >= 4 is 5.91 Å². The van der Waals surface area contributed by atoms with Crippen molar-refractivity contribution in [2.75, 3.05) is 26.3 Å². The average molecular weight is 391 g/mol. The molecule has 0 spiro atoms. The van der Waals surface area contributed by atoms with E-state index in [4.69, 9.17) is 4.74 Å². The summed E-state index contributed by atoms with van der Waals surface area (Å²) < 4.78 is 7.38. The molecule has 3 aliphatic rings. The lowest BCUT2D eigenvalue weighted by Crippen LogP contribution is -2.49. The number of aromatic nitrogens is 2. The molecule has 2 saturated heterocycles. The molecule has 4 atom stereocenters. The van der Waals surface area contributed by atoms with Gasteiger partial charge in [0.1, 0.15) is 0 Å². The lowest BCUT2D eigenvalue weighted by atomic mass is 9.77. The van der Waals surface area contributed by atoms with E-state index in [1.54, 1.807) is 6.20 Å². The minimum absolute atomic E-state index is 0.110. The molecule has 1 aromatic heterocycles. The number of likely N-dealkylation sites (tertiary alicyclic amines) is 1. The lowest BCUT2D eigenvalue weighted by Gasteiger charge is -2.35. The number of amides is 1. The van der Waals surface area contributed by atoms with Crippen LogP contribution in [0.3, 0.4) is 0 Å². The summed E-state index contributed by atoms with van der Waals surface area (Å²) in [5, 5.41) is 18.1. The molecule has 28 heavy (non-hydrogen) atoms. The molecule has 3 fully saturated rings. The average Bonchev–Trinajstić information content (AvgIpc) is 3.27. The van der Waals surface area contributed by atoms with Crippen LogP contribution in [0.25, 0.3) is 0 Å². The third-order valence-electron chi connectivity index (χ3n) is 6.98. The van der Waals surface area contributed by atoms with Crippen molar-refractivity contribution in [1.82, 2.24) is 20.0 Å². The molecule has 0 unspecified atom stereocenters. The molecule has 4 rings (SSSR count). The Morgan fingerprint density at radius 2 is 2.00 bits per heavy atom. The maximum atomic E-state index is 12.8. The minimum Gasteiger partial charge on any atom is -0.391 e. The van der Waals surface area contributed by atoms with Gasteiger partial charge >= 0.3 is 0 Å². The van der Waals surface area contributed by atoms with Gasteiger partial charge in [-0.25, -0.2) is 0 Å². The van der Waals surface area contributed by atoms with E-state index in [0.29, 0.717) is 23.4 Å². The third-order valence-corrected chi connectivity index (χ3v) is 6.98. The number of aliphatic hydroxyl groups is 1. The topological polar surface area (TPSA) is 79.6 Å². The molecule has 7 nitrogen and oxygen atoms in total. The van der Waals surface area contributed by atoms with Crippen molar-refractivity contribution in [2.24, 2.45) is 11.8 Å². The van der Waals surface area contributed by atoms with E-state index in [9.17, 15) is 9.90 Å². The second-order valence-corrected chi connectivity index (χ2v) is 8.80. The van der Waals surface area contributed by atoms with E-state index in [-0.39, 0.29) is 11.9 Å². The molecule has 2 aliphatic heterocycles. The maximum Gasteiger partial charge on any atom is 0.255 e. The molecule has 1 saturated carbocycles. The first-order valence-corrected chi connectivity index (χ1v) is 10.9. The minimum atomic E-state index is -0.467. The number of rotatable bonds is 5. The summed E-state index contributed by atoms with van der Waals surface area (Å²) in [7, 11) is 0. The highest BCUT2D eigenvalue weighted by Crippen LogP contribution is 2.38. The largest absolute Gasteiger partial charge is 0.391 e. The van der Waals surface area contributed by atoms with E-state index < -0.39 is 6.10 Å². The van der Waals surface area contributed by atoms with Crippen LogP contribution in [0.1, 0.15) is 55.1 Å². The summed E-state index contributed by atoms with van der Waals surface area (Å²) >= 11 is 0. The molecule has 1 aromatic rings. The molecule has 0 radical (unpaired) electrons. The quantitative estimate of drug-likeness (QED) is 0.798. The van der Waals surface area contributed by atoms with Gasteiger partial charge in [-0.05, 0) is 50.9 Å². The van der Waals surface area contributed by atoms with Gasteiger partial charge in [-0.1, -0.05) is 6.92 Å². The van der Waals surface area contributed by atoms with Gasteiger partial charge in [0.25, 0.3) is 5.91 Å². The van der Waals surface area contributed by atoms with Crippen molar-refractivity contribution in [3.05, 3.63) is 17.5 Å². The van der Waals surface area contributed by atoms with Gasteiger partial charge in [-0.15, -0.1) is 0 Å². The predicted molar refractivity (Wildman–Crippen MR) is 106 cm³/mol. The van der Waals surface area contributed by atoms with Gasteiger partial charge in [0, 0.05) is 44.6 Å². The van der Waals surface area contributed by atoms with Crippen LogP contribution < -0.4 is 5.32 Å². The number of hydrogen-bond acceptors (Lipinski definition) is 5.